The lowest BCUT2D eigenvalue weighted by molar-refractivity contribution is -0.137. The molecule has 0 aromatic heterocycles. The molecule has 1 unspecified atom stereocenters. The normalized spacial score (nSPS) is 11.6. The van der Waals surface area contributed by atoms with E-state index in [1.54, 1.807) is 32.4 Å². The number of aliphatic carboxylic acids is 1. The Hall–Kier alpha value is -3.54. The Morgan fingerprint density at radius 3 is 2.30 bits per heavy atom. The van der Waals surface area contributed by atoms with Crippen LogP contribution in [0.3, 0.4) is 0 Å². The zero-order valence-corrected chi connectivity index (χ0v) is 28.6. The standard InChI is InChI=1S/C23H32ClNO5.C11H12ClNO3/c1-23(2,15-27)14-25(3)19-10-9-16(24)13-18(19)21(30-12-11-26)17-7-6-8-20(28-4)22(17)29-5;1-7(14)13-10-6-8(2-4-9(10)12)3-5-11(15)16/h6-10,13,21,26-27H,11-12,14-15H2,1-5H3;2,4,6H,3,5H2,1H3,(H,13,14)(H,15,16). The summed E-state index contributed by atoms with van der Waals surface area (Å²) < 4.78 is 17.2. The van der Waals surface area contributed by atoms with Crippen LogP contribution >= 0.6 is 23.2 Å². The molecule has 3 aromatic carbocycles. The number of amides is 1. The molecule has 0 radical (unpaired) electrons. The van der Waals surface area contributed by atoms with E-state index in [1.807, 2.05) is 57.3 Å². The van der Waals surface area contributed by atoms with Crippen LogP contribution in [0.15, 0.2) is 54.6 Å². The van der Waals surface area contributed by atoms with E-state index in [-0.39, 0.29) is 37.6 Å². The SMILES string of the molecule is CC(=O)Nc1cc(CCC(=O)O)ccc1Cl.COc1cccc(C(OCCO)c2cc(Cl)ccc2N(C)CC(C)(C)CO)c1OC. The molecule has 0 bridgehead atoms. The molecule has 1 amide bonds. The first-order valence-electron chi connectivity index (χ1n) is 14.6. The van der Waals surface area contributed by atoms with Gasteiger partial charge in [-0.2, -0.15) is 0 Å². The lowest BCUT2D eigenvalue weighted by Crippen LogP contribution is -2.34. The van der Waals surface area contributed by atoms with Gasteiger partial charge in [-0.05, 0) is 48.4 Å². The molecule has 3 aromatic rings. The van der Waals surface area contributed by atoms with Crippen LogP contribution in [0, 0.1) is 5.41 Å². The number of nitrogens with zero attached hydrogens (tertiary/aromatic N) is 1. The number of anilines is 2. The van der Waals surface area contributed by atoms with Crippen LogP contribution in [0.4, 0.5) is 11.4 Å². The van der Waals surface area contributed by atoms with Gasteiger partial charge >= 0.3 is 5.97 Å². The molecule has 0 saturated carbocycles. The van der Waals surface area contributed by atoms with E-state index in [0.717, 1.165) is 22.4 Å². The van der Waals surface area contributed by atoms with Gasteiger partial charge in [0.2, 0.25) is 5.91 Å². The van der Waals surface area contributed by atoms with E-state index in [2.05, 4.69) is 10.2 Å². The van der Waals surface area contributed by atoms with E-state index in [4.69, 9.17) is 42.5 Å². The molecule has 0 aliphatic rings. The van der Waals surface area contributed by atoms with E-state index >= 15 is 0 Å². The Morgan fingerprint density at radius 1 is 1.00 bits per heavy atom. The van der Waals surface area contributed by atoms with Crippen molar-refractivity contribution in [3.8, 4) is 11.5 Å². The summed E-state index contributed by atoms with van der Waals surface area (Å²) in [4.78, 5) is 23.4. The van der Waals surface area contributed by atoms with Gasteiger partial charge in [-0.15, -0.1) is 0 Å². The Balaban J connectivity index is 0.000000387. The second-order valence-electron chi connectivity index (χ2n) is 11.3. The Kier molecular flexibility index (Phi) is 15.6. The molecular weight excluding hydrogens is 635 g/mol. The third-order valence-electron chi connectivity index (χ3n) is 6.84. The van der Waals surface area contributed by atoms with Gasteiger partial charge < -0.3 is 39.7 Å². The van der Waals surface area contributed by atoms with Crippen molar-refractivity contribution in [1.29, 1.82) is 0 Å². The first kappa shape index (κ1) is 38.6. The summed E-state index contributed by atoms with van der Waals surface area (Å²) in [6, 6.07) is 16.3. The molecule has 0 aliphatic carbocycles. The number of aliphatic hydroxyl groups is 2. The second kappa shape index (κ2) is 18.6. The van der Waals surface area contributed by atoms with E-state index in [0.29, 0.717) is 40.2 Å². The van der Waals surface area contributed by atoms with Crippen molar-refractivity contribution < 1.29 is 39.1 Å². The van der Waals surface area contributed by atoms with Crippen molar-refractivity contribution in [1.82, 2.24) is 0 Å². The van der Waals surface area contributed by atoms with Crippen LogP contribution in [0.1, 0.15) is 50.0 Å². The fourth-order valence-electron chi connectivity index (χ4n) is 4.76. The number of carboxylic acids is 1. The lowest BCUT2D eigenvalue weighted by atomic mass is 9.93. The van der Waals surface area contributed by atoms with Gasteiger partial charge in [-0.3, -0.25) is 9.59 Å². The lowest BCUT2D eigenvalue weighted by Gasteiger charge is -2.33. The average molecular weight is 680 g/mol. The van der Waals surface area contributed by atoms with Crippen molar-refractivity contribution in [2.24, 2.45) is 5.41 Å². The number of ether oxygens (including phenoxy) is 3. The number of para-hydroxylation sites is 1. The molecule has 10 nitrogen and oxygen atoms in total. The predicted molar refractivity (Wildman–Crippen MR) is 182 cm³/mol. The predicted octanol–water partition coefficient (Wildman–Crippen LogP) is 6.23. The summed E-state index contributed by atoms with van der Waals surface area (Å²) in [7, 11) is 5.13. The van der Waals surface area contributed by atoms with Gasteiger partial charge in [-0.1, -0.05) is 55.2 Å². The largest absolute Gasteiger partial charge is 0.493 e. The smallest absolute Gasteiger partial charge is 0.303 e. The van der Waals surface area contributed by atoms with Crippen LogP contribution < -0.4 is 19.7 Å². The summed E-state index contributed by atoms with van der Waals surface area (Å²) >= 11 is 12.2. The summed E-state index contributed by atoms with van der Waals surface area (Å²) in [5.74, 6) is 0.0893. The molecule has 252 valence electrons. The number of rotatable bonds is 15. The number of methoxy groups -OCH3 is 2. The molecule has 12 heteroatoms. The van der Waals surface area contributed by atoms with Crippen LogP contribution in [-0.2, 0) is 20.7 Å². The maximum Gasteiger partial charge on any atom is 0.303 e. The fourth-order valence-corrected chi connectivity index (χ4v) is 5.11. The number of halogens is 2. The van der Waals surface area contributed by atoms with Gasteiger partial charge in [-0.25, -0.2) is 0 Å². The minimum atomic E-state index is -0.851. The number of aliphatic hydroxyl groups excluding tert-OH is 2. The van der Waals surface area contributed by atoms with Crippen LogP contribution in [-0.4, -0.2) is 74.8 Å². The summed E-state index contributed by atoms with van der Waals surface area (Å²) in [5.41, 5.74) is 3.56. The zero-order chi connectivity index (χ0) is 34.4. The first-order valence-corrected chi connectivity index (χ1v) is 15.3. The minimum absolute atomic E-state index is 0.0567. The summed E-state index contributed by atoms with van der Waals surface area (Å²) in [6.45, 7) is 6.11. The maximum atomic E-state index is 10.9. The molecule has 0 spiro atoms. The highest BCUT2D eigenvalue weighted by Crippen LogP contribution is 2.42. The van der Waals surface area contributed by atoms with Gasteiger partial charge in [0.15, 0.2) is 11.5 Å². The quantitative estimate of drug-likeness (QED) is 0.147. The molecule has 4 N–H and O–H groups in total. The van der Waals surface area contributed by atoms with Crippen molar-refractivity contribution in [3.05, 3.63) is 81.3 Å². The highest BCUT2D eigenvalue weighted by molar-refractivity contribution is 6.33. The molecule has 0 aliphatic heterocycles. The third-order valence-corrected chi connectivity index (χ3v) is 7.40. The summed E-state index contributed by atoms with van der Waals surface area (Å²) in [5, 5.41) is 31.3. The van der Waals surface area contributed by atoms with Gasteiger partial charge in [0, 0.05) is 60.8 Å². The van der Waals surface area contributed by atoms with Crippen LogP contribution in [0.25, 0.3) is 0 Å². The minimum Gasteiger partial charge on any atom is -0.493 e. The molecule has 0 heterocycles. The maximum absolute atomic E-state index is 10.9. The number of aryl methyl sites for hydroxylation is 1. The number of carbonyl (C=O) groups excluding carboxylic acids is 1. The zero-order valence-electron chi connectivity index (χ0n) is 27.1. The molecule has 0 saturated heterocycles. The summed E-state index contributed by atoms with van der Waals surface area (Å²) in [6.07, 6.45) is -0.0733. The van der Waals surface area contributed by atoms with Crippen molar-refractivity contribution in [2.75, 3.05) is 57.8 Å². The van der Waals surface area contributed by atoms with Crippen molar-refractivity contribution in [2.45, 2.75) is 39.7 Å². The van der Waals surface area contributed by atoms with Gasteiger partial charge in [0.1, 0.15) is 6.10 Å². The van der Waals surface area contributed by atoms with Crippen molar-refractivity contribution in [3.63, 3.8) is 0 Å². The Morgan fingerprint density at radius 2 is 1.72 bits per heavy atom. The molecule has 46 heavy (non-hydrogen) atoms. The average Bonchev–Trinajstić information content (AvgIpc) is 3.01. The molecule has 1 atom stereocenters. The number of hydrogen-bond donors (Lipinski definition) is 4. The van der Waals surface area contributed by atoms with Crippen LogP contribution in [0.5, 0.6) is 11.5 Å². The highest BCUT2D eigenvalue weighted by atomic mass is 35.5. The second-order valence-corrected chi connectivity index (χ2v) is 12.2. The van der Waals surface area contributed by atoms with E-state index in [9.17, 15) is 19.8 Å². The Labute approximate surface area is 280 Å². The Bertz CT molecular complexity index is 1450. The van der Waals surface area contributed by atoms with Gasteiger partial charge in [0.25, 0.3) is 0 Å². The monoisotopic (exact) mass is 678 g/mol. The van der Waals surface area contributed by atoms with E-state index in [1.165, 1.54) is 6.92 Å². The molecule has 0 fully saturated rings. The molecular formula is C34H44Cl2N2O8. The number of benzene rings is 3. The number of hydrogen-bond acceptors (Lipinski definition) is 8. The van der Waals surface area contributed by atoms with Gasteiger partial charge in [0.05, 0.1) is 38.1 Å². The van der Waals surface area contributed by atoms with E-state index < -0.39 is 12.1 Å². The van der Waals surface area contributed by atoms with Crippen LogP contribution in [0.2, 0.25) is 10.0 Å². The topological polar surface area (TPSA) is 138 Å². The molecule has 3 rings (SSSR count). The third kappa shape index (κ3) is 11.7. The number of nitrogens with one attached hydrogen (secondary N) is 1. The highest BCUT2D eigenvalue weighted by Gasteiger charge is 2.27. The fraction of sp³-hybridized carbons (Fsp3) is 0.412. The van der Waals surface area contributed by atoms with Crippen molar-refractivity contribution >= 4 is 46.5 Å². The number of carboxylic acid groups (broad SMARTS) is 1. The first-order chi connectivity index (χ1) is 21.8. The number of carbonyl (C=O) groups is 2.